The molecule has 6 nitrogen and oxygen atoms in total. The lowest BCUT2D eigenvalue weighted by Crippen LogP contribution is -2.34. The zero-order valence-corrected chi connectivity index (χ0v) is 12.6. The first kappa shape index (κ1) is 15.0. The molecule has 0 bridgehead atoms. The van der Waals surface area contributed by atoms with E-state index in [4.69, 9.17) is 9.47 Å². The van der Waals surface area contributed by atoms with E-state index in [9.17, 15) is 0 Å². The van der Waals surface area contributed by atoms with E-state index in [-0.39, 0.29) is 0 Å². The van der Waals surface area contributed by atoms with E-state index in [0.717, 1.165) is 18.0 Å². The van der Waals surface area contributed by atoms with Gasteiger partial charge in [-0.1, -0.05) is 0 Å². The Morgan fingerprint density at radius 1 is 1.20 bits per heavy atom. The number of piperidine rings is 1. The third-order valence-electron chi connectivity index (χ3n) is 3.83. The van der Waals surface area contributed by atoms with Gasteiger partial charge in [-0.05, 0) is 45.4 Å². The Kier molecular flexibility index (Phi) is 5.55. The molecular formula is C14H24N4O2. The molecule has 2 heterocycles. The van der Waals surface area contributed by atoms with E-state index >= 15 is 0 Å². The topological polar surface area (TPSA) is 59.5 Å². The van der Waals surface area contributed by atoms with Crippen molar-refractivity contribution >= 4 is 0 Å². The Balaban J connectivity index is 1.87. The third kappa shape index (κ3) is 3.80. The quantitative estimate of drug-likeness (QED) is 0.836. The zero-order valence-electron chi connectivity index (χ0n) is 12.6. The van der Waals surface area contributed by atoms with Gasteiger partial charge in [0.05, 0.1) is 19.8 Å². The van der Waals surface area contributed by atoms with E-state index in [0.29, 0.717) is 18.3 Å². The molecule has 1 saturated heterocycles. The van der Waals surface area contributed by atoms with Crippen molar-refractivity contribution in [1.82, 2.24) is 20.2 Å². The van der Waals surface area contributed by atoms with Crippen LogP contribution in [0.25, 0.3) is 0 Å². The summed E-state index contributed by atoms with van der Waals surface area (Å²) in [6, 6.07) is 0. The Morgan fingerprint density at radius 3 is 2.35 bits per heavy atom. The van der Waals surface area contributed by atoms with Crippen molar-refractivity contribution in [3.05, 3.63) is 11.9 Å². The van der Waals surface area contributed by atoms with Crippen LogP contribution in [0.3, 0.4) is 0 Å². The molecule has 0 spiro atoms. The lowest BCUT2D eigenvalue weighted by molar-refractivity contribution is 0.215. The average molecular weight is 280 g/mol. The van der Waals surface area contributed by atoms with Crippen LogP contribution in [0.5, 0.6) is 11.8 Å². The van der Waals surface area contributed by atoms with Crippen molar-refractivity contribution < 1.29 is 9.47 Å². The van der Waals surface area contributed by atoms with Crippen molar-refractivity contribution in [3.8, 4) is 11.8 Å². The molecule has 1 aromatic rings. The summed E-state index contributed by atoms with van der Waals surface area (Å²) < 4.78 is 10.5. The zero-order chi connectivity index (χ0) is 14.4. The molecule has 1 aromatic heterocycles. The van der Waals surface area contributed by atoms with Crippen LogP contribution in [0.4, 0.5) is 0 Å². The normalized spacial score (nSPS) is 17.1. The van der Waals surface area contributed by atoms with E-state index in [1.54, 1.807) is 14.2 Å². The maximum Gasteiger partial charge on any atom is 0.224 e. The molecule has 0 aliphatic carbocycles. The van der Waals surface area contributed by atoms with Crippen molar-refractivity contribution in [1.29, 1.82) is 0 Å². The highest BCUT2D eigenvalue weighted by Crippen LogP contribution is 2.23. The maximum absolute atomic E-state index is 5.27. The number of nitrogens with zero attached hydrogens (tertiary/aromatic N) is 3. The average Bonchev–Trinajstić information content (AvgIpc) is 2.49. The van der Waals surface area contributed by atoms with Gasteiger partial charge in [0, 0.05) is 6.54 Å². The first-order valence-electron chi connectivity index (χ1n) is 7.05. The van der Waals surface area contributed by atoms with Gasteiger partial charge in [0.25, 0.3) is 0 Å². The van der Waals surface area contributed by atoms with Crippen molar-refractivity contribution in [2.24, 2.45) is 5.92 Å². The minimum atomic E-state index is 0.577. The van der Waals surface area contributed by atoms with Gasteiger partial charge in [-0.15, -0.1) is 0 Å². The van der Waals surface area contributed by atoms with Gasteiger partial charge < -0.3 is 19.7 Å². The number of ether oxygens (including phenoxy) is 2. The minimum Gasteiger partial charge on any atom is -0.481 e. The molecule has 0 aromatic carbocycles. The fourth-order valence-corrected chi connectivity index (χ4v) is 2.55. The van der Waals surface area contributed by atoms with E-state index < -0.39 is 0 Å². The molecule has 1 aliphatic rings. The lowest BCUT2D eigenvalue weighted by atomic mass is 9.97. The molecule has 6 heteroatoms. The molecular weight excluding hydrogens is 256 g/mol. The molecule has 1 fully saturated rings. The second-order valence-electron chi connectivity index (χ2n) is 5.25. The van der Waals surface area contributed by atoms with Gasteiger partial charge in [-0.2, -0.15) is 0 Å². The number of nitrogens with one attached hydrogen (secondary N) is 1. The number of methoxy groups -OCH3 is 2. The second kappa shape index (κ2) is 7.40. The lowest BCUT2D eigenvalue weighted by Gasteiger charge is -2.29. The number of likely N-dealkylation sites (tertiary alicyclic amines) is 1. The standard InChI is InChI=1S/C14H24N4O2/c1-18-6-4-11(5-7-18)8-15-9-12-13(19-2)16-10-17-14(12)20-3/h10-11,15H,4-9H2,1-3H3. The molecule has 0 radical (unpaired) electrons. The summed E-state index contributed by atoms with van der Waals surface area (Å²) in [5.74, 6) is 1.90. The SMILES string of the molecule is COc1ncnc(OC)c1CNCC1CCN(C)CC1. The molecule has 112 valence electrons. The van der Waals surface area contributed by atoms with Crippen LogP contribution in [-0.2, 0) is 6.54 Å². The highest BCUT2D eigenvalue weighted by atomic mass is 16.5. The summed E-state index contributed by atoms with van der Waals surface area (Å²) >= 11 is 0. The molecule has 0 amide bonds. The fourth-order valence-electron chi connectivity index (χ4n) is 2.55. The first-order valence-corrected chi connectivity index (χ1v) is 7.05. The van der Waals surface area contributed by atoms with Crippen LogP contribution in [0.1, 0.15) is 18.4 Å². The Hall–Kier alpha value is -1.40. The van der Waals surface area contributed by atoms with Crippen LogP contribution in [0.15, 0.2) is 6.33 Å². The van der Waals surface area contributed by atoms with Gasteiger partial charge in [0.2, 0.25) is 11.8 Å². The summed E-state index contributed by atoms with van der Waals surface area (Å²) in [5, 5.41) is 3.48. The second-order valence-corrected chi connectivity index (χ2v) is 5.25. The van der Waals surface area contributed by atoms with Gasteiger partial charge in [0.15, 0.2) is 0 Å². The third-order valence-corrected chi connectivity index (χ3v) is 3.83. The molecule has 0 atom stereocenters. The Morgan fingerprint density at radius 2 is 1.80 bits per heavy atom. The first-order chi connectivity index (χ1) is 9.74. The maximum atomic E-state index is 5.27. The van der Waals surface area contributed by atoms with Crippen molar-refractivity contribution in [2.75, 3.05) is 40.9 Å². The molecule has 1 aliphatic heterocycles. The fraction of sp³-hybridized carbons (Fsp3) is 0.714. The summed E-state index contributed by atoms with van der Waals surface area (Å²) in [5.41, 5.74) is 0.880. The van der Waals surface area contributed by atoms with Crippen LogP contribution < -0.4 is 14.8 Å². The van der Waals surface area contributed by atoms with Crippen LogP contribution in [0.2, 0.25) is 0 Å². The number of rotatable bonds is 6. The number of aromatic nitrogens is 2. The van der Waals surface area contributed by atoms with E-state index in [1.807, 2.05) is 0 Å². The van der Waals surface area contributed by atoms with Crippen LogP contribution >= 0.6 is 0 Å². The van der Waals surface area contributed by atoms with Gasteiger partial charge >= 0.3 is 0 Å². The van der Waals surface area contributed by atoms with Gasteiger partial charge in [-0.25, -0.2) is 9.97 Å². The minimum absolute atomic E-state index is 0.577. The van der Waals surface area contributed by atoms with Gasteiger partial charge in [-0.3, -0.25) is 0 Å². The molecule has 20 heavy (non-hydrogen) atoms. The largest absolute Gasteiger partial charge is 0.481 e. The van der Waals surface area contributed by atoms with E-state index in [1.165, 1.54) is 32.3 Å². The van der Waals surface area contributed by atoms with Gasteiger partial charge in [0.1, 0.15) is 6.33 Å². The summed E-state index contributed by atoms with van der Waals surface area (Å²) in [6.45, 7) is 4.05. The predicted octanol–water partition coefficient (Wildman–Crippen LogP) is 0.925. The molecule has 1 N–H and O–H groups in total. The van der Waals surface area contributed by atoms with Crippen molar-refractivity contribution in [2.45, 2.75) is 19.4 Å². The smallest absolute Gasteiger partial charge is 0.224 e. The highest BCUT2D eigenvalue weighted by Gasteiger charge is 2.17. The molecule has 0 unspecified atom stereocenters. The Labute approximate surface area is 120 Å². The van der Waals surface area contributed by atoms with Crippen LogP contribution in [-0.4, -0.2) is 55.8 Å². The summed E-state index contributed by atoms with van der Waals surface area (Å²) in [7, 11) is 5.41. The molecule has 0 saturated carbocycles. The monoisotopic (exact) mass is 280 g/mol. The van der Waals surface area contributed by atoms with Crippen molar-refractivity contribution in [3.63, 3.8) is 0 Å². The predicted molar refractivity (Wildman–Crippen MR) is 77.1 cm³/mol. The summed E-state index contributed by atoms with van der Waals surface area (Å²) in [4.78, 5) is 10.6. The van der Waals surface area contributed by atoms with Crippen LogP contribution in [0, 0.1) is 5.92 Å². The highest BCUT2D eigenvalue weighted by molar-refractivity contribution is 5.34. The number of hydrogen-bond acceptors (Lipinski definition) is 6. The Bertz CT molecular complexity index is 397. The summed E-state index contributed by atoms with van der Waals surface area (Å²) in [6.07, 6.45) is 3.96. The molecule has 2 rings (SSSR count). The number of hydrogen-bond donors (Lipinski definition) is 1. The van der Waals surface area contributed by atoms with E-state index in [2.05, 4.69) is 27.2 Å².